The molecule has 0 aromatic carbocycles. The summed E-state index contributed by atoms with van der Waals surface area (Å²) in [4.78, 5) is 41.9. The molecule has 0 saturated heterocycles. The lowest BCUT2D eigenvalue weighted by Gasteiger charge is -2.16. The van der Waals surface area contributed by atoms with E-state index in [0.717, 1.165) is 12.8 Å². The molecule has 144 valence electrons. The van der Waals surface area contributed by atoms with Crippen LogP contribution >= 0.6 is 0 Å². The van der Waals surface area contributed by atoms with Crippen molar-refractivity contribution >= 4 is 23.9 Å². The van der Waals surface area contributed by atoms with E-state index < -0.39 is 29.3 Å². The van der Waals surface area contributed by atoms with Gasteiger partial charge in [-0.15, -0.1) is 0 Å². The van der Waals surface area contributed by atoms with Crippen LogP contribution in [0.15, 0.2) is 0 Å². The zero-order chi connectivity index (χ0) is 19.5. The van der Waals surface area contributed by atoms with E-state index in [1.807, 2.05) is 6.92 Å². The fraction of sp³-hybridized carbons (Fsp3) is 0.765. The van der Waals surface area contributed by atoms with Gasteiger partial charge in [0.25, 0.3) is 0 Å². The largest absolute Gasteiger partial charge is 0.481 e. The quantitative estimate of drug-likeness (QED) is 0.343. The van der Waals surface area contributed by atoms with E-state index in [-0.39, 0.29) is 25.2 Å². The Morgan fingerprint density at radius 2 is 1.40 bits per heavy atom. The first kappa shape index (κ1) is 22.9. The van der Waals surface area contributed by atoms with E-state index in [4.69, 9.17) is 20.4 Å². The van der Waals surface area contributed by atoms with E-state index in [1.54, 1.807) is 0 Å². The molecule has 1 fully saturated rings. The number of carbonyl (C=O) groups is 4. The van der Waals surface area contributed by atoms with Gasteiger partial charge in [0.1, 0.15) is 0 Å². The van der Waals surface area contributed by atoms with E-state index in [9.17, 15) is 19.2 Å². The molecule has 1 saturated carbocycles. The van der Waals surface area contributed by atoms with Gasteiger partial charge in [-0.3, -0.25) is 19.2 Å². The first-order chi connectivity index (χ1) is 11.7. The third-order valence-corrected chi connectivity index (χ3v) is 4.56. The minimum atomic E-state index is -1.47. The van der Waals surface area contributed by atoms with Crippen LogP contribution in [0.25, 0.3) is 0 Å². The molecule has 8 nitrogen and oxygen atoms in total. The first-order valence-electron chi connectivity index (χ1n) is 8.58. The molecule has 0 amide bonds. The van der Waals surface area contributed by atoms with Gasteiger partial charge in [0.2, 0.25) is 0 Å². The van der Waals surface area contributed by atoms with Crippen LogP contribution in [0.1, 0.15) is 71.1 Å². The standard InChI is InChI=1S/C10H18O4.C7H10O4/c1-2-8(10(13)14)6-4-3-5-7-9(11)12;8-5(9)7(6(10)11)3-1-2-4-7/h8H,2-7H2,1H3,(H,11,12)(H,13,14);1-4H2,(H,8,9)(H,10,11). The number of carboxylic acids is 4. The van der Waals surface area contributed by atoms with Crippen molar-refractivity contribution < 1.29 is 39.6 Å². The molecule has 8 heteroatoms. The second kappa shape index (κ2) is 11.4. The molecule has 0 aromatic rings. The van der Waals surface area contributed by atoms with Crippen molar-refractivity contribution in [1.29, 1.82) is 0 Å². The van der Waals surface area contributed by atoms with E-state index in [2.05, 4.69) is 0 Å². The number of carboxylic acid groups (broad SMARTS) is 4. The highest BCUT2D eigenvalue weighted by atomic mass is 16.4. The maximum absolute atomic E-state index is 10.6. The van der Waals surface area contributed by atoms with Crippen molar-refractivity contribution in [1.82, 2.24) is 0 Å². The highest BCUT2D eigenvalue weighted by Crippen LogP contribution is 2.38. The highest BCUT2D eigenvalue weighted by Gasteiger charge is 2.48. The number of rotatable bonds is 10. The Morgan fingerprint density at radius 3 is 1.72 bits per heavy atom. The average molecular weight is 360 g/mol. The van der Waals surface area contributed by atoms with Gasteiger partial charge in [0, 0.05) is 6.42 Å². The smallest absolute Gasteiger partial charge is 0.321 e. The summed E-state index contributed by atoms with van der Waals surface area (Å²) in [6, 6.07) is 0. The van der Waals surface area contributed by atoms with Crippen LogP contribution in [0.2, 0.25) is 0 Å². The number of hydrogen-bond donors (Lipinski definition) is 4. The monoisotopic (exact) mass is 360 g/mol. The molecule has 0 aromatic heterocycles. The van der Waals surface area contributed by atoms with Crippen molar-refractivity contribution in [3.63, 3.8) is 0 Å². The summed E-state index contributed by atoms with van der Waals surface area (Å²) in [5, 5.41) is 34.4. The minimum absolute atomic E-state index is 0.184. The third-order valence-electron chi connectivity index (χ3n) is 4.56. The molecule has 0 heterocycles. The first-order valence-corrected chi connectivity index (χ1v) is 8.58. The molecule has 0 bridgehead atoms. The van der Waals surface area contributed by atoms with Crippen molar-refractivity contribution in [2.75, 3.05) is 0 Å². The number of hydrogen-bond acceptors (Lipinski definition) is 4. The lowest BCUT2D eigenvalue weighted by Crippen LogP contribution is -2.36. The molecule has 1 unspecified atom stereocenters. The zero-order valence-electron chi connectivity index (χ0n) is 14.6. The van der Waals surface area contributed by atoms with Crippen molar-refractivity contribution in [3.8, 4) is 0 Å². The fourth-order valence-corrected chi connectivity index (χ4v) is 2.84. The summed E-state index contributed by atoms with van der Waals surface area (Å²) >= 11 is 0. The van der Waals surface area contributed by atoms with Crippen molar-refractivity contribution in [2.45, 2.75) is 71.1 Å². The van der Waals surface area contributed by atoms with Crippen LogP contribution in [0.5, 0.6) is 0 Å². The Bertz CT molecular complexity index is 449. The van der Waals surface area contributed by atoms with Gasteiger partial charge in [0.05, 0.1) is 5.92 Å². The molecule has 1 atom stereocenters. The van der Waals surface area contributed by atoms with Gasteiger partial charge in [-0.2, -0.15) is 0 Å². The Hall–Kier alpha value is -2.12. The summed E-state index contributed by atoms with van der Waals surface area (Å²) in [5.74, 6) is -4.18. The Balaban J connectivity index is 0.000000472. The van der Waals surface area contributed by atoms with E-state index >= 15 is 0 Å². The minimum Gasteiger partial charge on any atom is -0.481 e. The van der Waals surface area contributed by atoms with Gasteiger partial charge in [-0.25, -0.2) is 0 Å². The normalized spacial score (nSPS) is 16.4. The topological polar surface area (TPSA) is 149 Å². The lowest BCUT2D eigenvalue weighted by molar-refractivity contribution is -0.164. The van der Waals surface area contributed by atoms with Gasteiger partial charge in [0.15, 0.2) is 5.41 Å². The molecule has 0 spiro atoms. The van der Waals surface area contributed by atoms with Crippen molar-refractivity contribution in [3.05, 3.63) is 0 Å². The molecule has 4 N–H and O–H groups in total. The number of aliphatic carboxylic acids is 4. The Labute approximate surface area is 146 Å². The molecule has 1 aliphatic rings. The summed E-state index contributed by atoms with van der Waals surface area (Å²) in [6.45, 7) is 1.86. The fourth-order valence-electron chi connectivity index (χ4n) is 2.84. The van der Waals surface area contributed by atoms with Crippen LogP contribution in [0.3, 0.4) is 0 Å². The van der Waals surface area contributed by atoms with Crippen LogP contribution in [0.4, 0.5) is 0 Å². The summed E-state index contributed by atoms with van der Waals surface area (Å²) in [5.41, 5.74) is -1.47. The molecular formula is C17H28O8. The molecule has 0 aliphatic heterocycles. The molecule has 1 aliphatic carbocycles. The van der Waals surface area contributed by atoms with Gasteiger partial charge < -0.3 is 20.4 Å². The summed E-state index contributed by atoms with van der Waals surface area (Å²) in [6.07, 6.45) is 5.70. The van der Waals surface area contributed by atoms with E-state index in [1.165, 1.54) is 0 Å². The third kappa shape index (κ3) is 8.00. The maximum Gasteiger partial charge on any atom is 0.321 e. The number of unbranched alkanes of at least 4 members (excludes halogenated alkanes) is 2. The molecule has 0 radical (unpaired) electrons. The predicted molar refractivity (Wildman–Crippen MR) is 88.3 cm³/mol. The maximum atomic E-state index is 10.6. The Morgan fingerprint density at radius 1 is 0.880 bits per heavy atom. The average Bonchev–Trinajstić information content (AvgIpc) is 3.02. The zero-order valence-corrected chi connectivity index (χ0v) is 14.6. The second-order valence-corrected chi connectivity index (χ2v) is 6.34. The predicted octanol–water partition coefficient (Wildman–Crippen LogP) is 2.85. The molecular weight excluding hydrogens is 332 g/mol. The summed E-state index contributed by atoms with van der Waals surface area (Å²) < 4.78 is 0. The molecule has 1 rings (SSSR count). The van der Waals surface area contributed by atoms with Crippen LogP contribution < -0.4 is 0 Å². The summed E-state index contributed by atoms with van der Waals surface area (Å²) in [7, 11) is 0. The van der Waals surface area contributed by atoms with Gasteiger partial charge in [-0.1, -0.05) is 32.6 Å². The lowest BCUT2D eigenvalue weighted by atomic mass is 9.87. The highest BCUT2D eigenvalue weighted by molar-refractivity contribution is 5.98. The Kier molecular flexibility index (Phi) is 10.5. The van der Waals surface area contributed by atoms with Crippen LogP contribution in [-0.4, -0.2) is 44.3 Å². The van der Waals surface area contributed by atoms with E-state index in [0.29, 0.717) is 32.1 Å². The van der Waals surface area contributed by atoms with Gasteiger partial charge >= 0.3 is 23.9 Å². The second-order valence-electron chi connectivity index (χ2n) is 6.34. The van der Waals surface area contributed by atoms with Gasteiger partial charge in [-0.05, 0) is 32.1 Å². The SMILES string of the molecule is CCC(CCCCCC(=O)O)C(=O)O.O=C(O)C1(C(=O)O)CCCC1. The van der Waals surface area contributed by atoms with Crippen LogP contribution in [0, 0.1) is 11.3 Å². The van der Waals surface area contributed by atoms with Crippen LogP contribution in [-0.2, 0) is 19.2 Å². The van der Waals surface area contributed by atoms with Crippen molar-refractivity contribution in [2.24, 2.45) is 11.3 Å². The molecule has 25 heavy (non-hydrogen) atoms.